The lowest BCUT2D eigenvalue weighted by molar-refractivity contribution is -0.0973. The molecule has 4 atom stereocenters. The third-order valence-electron chi connectivity index (χ3n) is 8.39. The second kappa shape index (κ2) is 6.32. The van der Waals surface area contributed by atoms with Crippen molar-refractivity contribution in [1.29, 1.82) is 0 Å². The van der Waals surface area contributed by atoms with Crippen molar-refractivity contribution >= 4 is 22.7 Å². The molecular formula is C25H35N5. The Hall–Kier alpha value is -1.88. The van der Waals surface area contributed by atoms with Gasteiger partial charge in [0.25, 0.3) is 0 Å². The SMILES string of the molecule is CN1CCN(c2nc(NC34CC5C[C@@](C)(C3)C[C@](C)(C5)C4)c3ccccc3n2)CC1. The summed E-state index contributed by atoms with van der Waals surface area (Å²) < 4.78 is 0. The van der Waals surface area contributed by atoms with Gasteiger partial charge >= 0.3 is 0 Å². The van der Waals surface area contributed by atoms with E-state index in [1.54, 1.807) is 0 Å². The van der Waals surface area contributed by atoms with Crippen molar-refractivity contribution in [3.63, 3.8) is 0 Å². The van der Waals surface area contributed by atoms with E-state index >= 15 is 0 Å². The second-order valence-corrected chi connectivity index (χ2v) is 11.7. The number of likely N-dealkylation sites (N-methyl/N-ethyl adjacent to an activating group) is 1. The maximum Gasteiger partial charge on any atom is 0.227 e. The van der Waals surface area contributed by atoms with Crippen molar-refractivity contribution in [1.82, 2.24) is 14.9 Å². The number of nitrogens with zero attached hydrogens (tertiary/aromatic N) is 4. The molecule has 5 heteroatoms. The van der Waals surface area contributed by atoms with Crippen LogP contribution in [0.15, 0.2) is 24.3 Å². The molecule has 1 aromatic carbocycles. The molecule has 2 heterocycles. The van der Waals surface area contributed by atoms with Crippen molar-refractivity contribution in [2.45, 2.75) is 57.9 Å². The molecule has 0 spiro atoms. The minimum Gasteiger partial charge on any atom is -0.364 e. The Morgan fingerprint density at radius 2 is 1.60 bits per heavy atom. The van der Waals surface area contributed by atoms with E-state index in [9.17, 15) is 0 Å². The number of nitrogens with one attached hydrogen (secondary N) is 1. The fourth-order valence-electron chi connectivity index (χ4n) is 8.15. The van der Waals surface area contributed by atoms with Gasteiger partial charge in [-0.2, -0.15) is 4.98 Å². The average molecular weight is 406 g/mol. The fourth-order valence-corrected chi connectivity index (χ4v) is 8.15. The molecule has 4 aliphatic carbocycles. The average Bonchev–Trinajstić information content (AvgIpc) is 2.65. The fraction of sp³-hybridized carbons (Fsp3) is 0.680. The van der Waals surface area contributed by atoms with Gasteiger partial charge in [-0.15, -0.1) is 0 Å². The van der Waals surface area contributed by atoms with E-state index in [0.29, 0.717) is 10.8 Å². The van der Waals surface area contributed by atoms with E-state index < -0.39 is 0 Å². The molecule has 160 valence electrons. The van der Waals surface area contributed by atoms with Crippen molar-refractivity contribution in [3.05, 3.63) is 24.3 Å². The maximum absolute atomic E-state index is 5.16. The Labute approximate surface area is 180 Å². The normalized spacial score (nSPS) is 38.4. The third kappa shape index (κ3) is 3.08. The molecule has 1 aliphatic heterocycles. The number of piperazine rings is 1. The molecule has 0 amide bonds. The zero-order chi connectivity index (χ0) is 20.6. The van der Waals surface area contributed by atoms with Crippen LogP contribution in [-0.4, -0.2) is 53.6 Å². The van der Waals surface area contributed by atoms with Gasteiger partial charge in [0.1, 0.15) is 5.82 Å². The number of hydrogen-bond donors (Lipinski definition) is 1. The Morgan fingerprint density at radius 3 is 2.30 bits per heavy atom. The molecule has 2 aromatic rings. The summed E-state index contributed by atoms with van der Waals surface area (Å²) in [6.45, 7) is 9.22. The molecule has 4 saturated carbocycles. The number of aromatic nitrogens is 2. The molecular weight excluding hydrogens is 370 g/mol. The maximum atomic E-state index is 5.16. The Morgan fingerprint density at radius 1 is 0.900 bits per heavy atom. The van der Waals surface area contributed by atoms with Gasteiger partial charge in [-0.1, -0.05) is 26.0 Å². The summed E-state index contributed by atoms with van der Waals surface area (Å²) >= 11 is 0. The van der Waals surface area contributed by atoms with Gasteiger partial charge in [-0.05, 0) is 74.5 Å². The largest absolute Gasteiger partial charge is 0.364 e. The van der Waals surface area contributed by atoms with Crippen molar-refractivity contribution in [2.75, 3.05) is 43.4 Å². The summed E-state index contributed by atoms with van der Waals surface area (Å²) in [7, 11) is 2.19. The summed E-state index contributed by atoms with van der Waals surface area (Å²) in [5.74, 6) is 2.82. The molecule has 4 bridgehead atoms. The highest BCUT2D eigenvalue weighted by molar-refractivity contribution is 5.90. The lowest BCUT2D eigenvalue weighted by atomic mass is 9.43. The number of benzene rings is 1. The molecule has 2 unspecified atom stereocenters. The first-order valence-electron chi connectivity index (χ1n) is 11.8. The number of fused-ring (bicyclic) bond motifs is 1. The first kappa shape index (κ1) is 18.9. The summed E-state index contributed by atoms with van der Waals surface area (Å²) in [5.41, 5.74) is 2.24. The van der Waals surface area contributed by atoms with E-state index in [2.05, 4.69) is 60.3 Å². The lowest BCUT2D eigenvalue weighted by Crippen LogP contribution is -2.61. The van der Waals surface area contributed by atoms with E-state index in [4.69, 9.17) is 9.97 Å². The first-order chi connectivity index (χ1) is 14.3. The van der Waals surface area contributed by atoms with Crippen molar-refractivity contribution in [2.24, 2.45) is 16.7 Å². The van der Waals surface area contributed by atoms with E-state index in [0.717, 1.165) is 49.4 Å². The number of rotatable bonds is 3. The Bertz CT molecular complexity index is 961. The van der Waals surface area contributed by atoms with Gasteiger partial charge in [-0.25, -0.2) is 4.98 Å². The van der Waals surface area contributed by atoms with Crippen LogP contribution in [0.5, 0.6) is 0 Å². The summed E-state index contributed by atoms with van der Waals surface area (Å²) in [6.07, 6.45) is 8.12. The topological polar surface area (TPSA) is 44.3 Å². The smallest absolute Gasteiger partial charge is 0.227 e. The number of para-hydroxylation sites is 1. The van der Waals surface area contributed by atoms with Gasteiger partial charge in [0, 0.05) is 37.1 Å². The molecule has 0 radical (unpaired) electrons. The monoisotopic (exact) mass is 405 g/mol. The van der Waals surface area contributed by atoms with Crippen LogP contribution in [0.4, 0.5) is 11.8 Å². The third-order valence-corrected chi connectivity index (χ3v) is 8.39. The first-order valence-corrected chi connectivity index (χ1v) is 11.8. The van der Waals surface area contributed by atoms with Crippen LogP contribution in [0.3, 0.4) is 0 Å². The predicted molar refractivity (Wildman–Crippen MR) is 123 cm³/mol. The molecule has 7 rings (SSSR count). The summed E-state index contributed by atoms with van der Waals surface area (Å²) in [4.78, 5) is 14.9. The molecule has 1 saturated heterocycles. The molecule has 5 fully saturated rings. The van der Waals surface area contributed by atoms with Crippen LogP contribution in [0, 0.1) is 16.7 Å². The van der Waals surface area contributed by atoms with Gasteiger partial charge in [0.2, 0.25) is 5.95 Å². The number of hydrogen-bond acceptors (Lipinski definition) is 5. The summed E-state index contributed by atoms with van der Waals surface area (Å²) in [6, 6.07) is 8.55. The molecule has 5 nitrogen and oxygen atoms in total. The Kier molecular flexibility index (Phi) is 3.97. The highest BCUT2D eigenvalue weighted by Crippen LogP contribution is 2.66. The highest BCUT2D eigenvalue weighted by atomic mass is 15.3. The second-order valence-electron chi connectivity index (χ2n) is 11.7. The minimum atomic E-state index is 0.194. The molecule has 5 aliphatic rings. The van der Waals surface area contributed by atoms with Crippen LogP contribution >= 0.6 is 0 Å². The van der Waals surface area contributed by atoms with Crippen molar-refractivity contribution < 1.29 is 0 Å². The van der Waals surface area contributed by atoms with Gasteiger partial charge < -0.3 is 15.1 Å². The van der Waals surface area contributed by atoms with Crippen LogP contribution in [0.25, 0.3) is 10.9 Å². The standard InChI is InChI=1S/C25H35N5/c1-23-12-18-13-24(2,15-23)17-25(14-18,16-23)28-21-19-6-4-5-7-20(19)26-22(27-21)30-10-8-29(3)9-11-30/h4-7,18H,8-17H2,1-3H3,(H,26,27,28)/t18?,23-,24+,25?. The summed E-state index contributed by atoms with van der Waals surface area (Å²) in [5, 5.41) is 5.25. The predicted octanol–water partition coefficient (Wildman–Crippen LogP) is 4.54. The van der Waals surface area contributed by atoms with E-state index in [1.165, 1.54) is 43.9 Å². The van der Waals surface area contributed by atoms with Gasteiger partial charge in [0.05, 0.1) is 5.52 Å². The quantitative estimate of drug-likeness (QED) is 0.812. The zero-order valence-corrected chi connectivity index (χ0v) is 18.7. The molecule has 1 aromatic heterocycles. The molecule has 30 heavy (non-hydrogen) atoms. The lowest BCUT2D eigenvalue weighted by Gasteiger charge is -2.65. The van der Waals surface area contributed by atoms with Gasteiger partial charge in [0.15, 0.2) is 0 Å². The van der Waals surface area contributed by atoms with Gasteiger partial charge in [-0.3, -0.25) is 0 Å². The highest BCUT2D eigenvalue weighted by Gasteiger charge is 2.60. The Balaban J connectivity index is 1.39. The van der Waals surface area contributed by atoms with Crippen LogP contribution < -0.4 is 10.2 Å². The zero-order valence-electron chi connectivity index (χ0n) is 18.7. The van der Waals surface area contributed by atoms with Crippen LogP contribution in [0.1, 0.15) is 52.4 Å². The molecule has 1 N–H and O–H groups in total. The van der Waals surface area contributed by atoms with E-state index in [1.807, 2.05) is 0 Å². The minimum absolute atomic E-state index is 0.194. The van der Waals surface area contributed by atoms with Crippen LogP contribution in [0.2, 0.25) is 0 Å². The number of anilines is 2. The van der Waals surface area contributed by atoms with Crippen molar-refractivity contribution in [3.8, 4) is 0 Å². The van der Waals surface area contributed by atoms with Crippen LogP contribution in [-0.2, 0) is 0 Å². The van der Waals surface area contributed by atoms with E-state index in [-0.39, 0.29) is 5.54 Å².